The maximum Gasteiger partial charge on any atom is 0.323 e. The van der Waals surface area contributed by atoms with Crippen molar-refractivity contribution in [1.82, 2.24) is 5.32 Å². The van der Waals surface area contributed by atoms with Crippen LogP contribution in [0.15, 0.2) is 72.8 Å². The van der Waals surface area contributed by atoms with E-state index in [0.717, 1.165) is 57.5 Å². The van der Waals surface area contributed by atoms with E-state index >= 15 is 0 Å². The number of halogens is 1. The lowest BCUT2D eigenvalue weighted by molar-refractivity contribution is 0.0858. The summed E-state index contributed by atoms with van der Waals surface area (Å²) in [7, 11) is 0. The van der Waals surface area contributed by atoms with Gasteiger partial charge in [0.25, 0.3) is 5.91 Å². The summed E-state index contributed by atoms with van der Waals surface area (Å²) in [6.45, 7) is 2.87. The minimum Gasteiger partial charge on any atom is -0.376 e. The van der Waals surface area contributed by atoms with Gasteiger partial charge in [-0.15, -0.1) is 0 Å². The van der Waals surface area contributed by atoms with Gasteiger partial charge in [-0.05, 0) is 73.9 Å². The Morgan fingerprint density at radius 3 is 2.44 bits per heavy atom. The second-order valence-corrected chi connectivity index (χ2v) is 10.3. The van der Waals surface area contributed by atoms with E-state index in [2.05, 4.69) is 45.1 Å². The van der Waals surface area contributed by atoms with Crippen molar-refractivity contribution in [3.63, 3.8) is 0 Å². The Hall–Kier alpha value is -3.91. The molecule has 8 heteroatoms. The Morgan fingerprint density at radius 2 is 1.69 bits per heavy atom. The van der Waals surface area contributed by atoms with Gasteiger partial charge in [-0.25, -0.2) is 9.18 Å². The summed E-state index contributed by atoms with van der Waals surface area (Å²) in [6, 6.07) is 21.3. The quantitative estimate of drug-likeness (QED) is 0.342. The van der Waals surface area contributed by atoms with Gasteiger partial charge in [-0.3, -0.25) is 4.79 Å². The summed E-state index contributed by atoms with van der Waals surface area (Å²) in [5.74, 6) is -0.124. The van der Waals surface area contributed by atoms with Crippen LogP contribution in [0, 0.1) is 11.7 Å². The normalized spacial score (nSPS) is 17.6. The molecular weight excluding hydrogens is 495 g/mol. The lowest BCUT2D eigenvalue weighted by Crippen LogP contribution is -2.37. The number of carbonyl (C=O) groups excluding carboxylic acids is 2. The molecule has 0 radical (unpaired) electrons. The van der Waals surface area contributed by atoms with Crippen molar-refractivity contribution in [2.24, 2.45) is 5.92 Å². The molecule has 2 heterocycles. The second kappa shape index (κ2) is 12.8. The zero-order chi connectivity index (χ0) is 27.0. The smallest absolute Gasteiger partial charge is 0.323 e. The van der Waals surface area contributed by atoms with Crippen molar-refractivity contribution in [3.05, 3.63) is 89.7 Å². The molecule has 0 aliphatic carbocycles. The lowest BCUT2D eigenvalue weighted by atomic mass is 9.89. The number of urea groups is 1. The summed E-state index contributed by atoms with van der Waals surface area (Å²) in [5, 5.41) is 8.28. The molecule has 0 aromatic heterocycles. The monoisotopic (exact) mass is 530 g/mol. The minimum atomic E-state index is -0.583. The highest BCUT2D eigenvalue weighted by Crippen LogP contribution is 2.30. The topological polar surface area (TPSA) is 82.7 Å². The van der Waals surface area contributed by atoms with Crippen molar-refractivity contribution >= 4 is 29.0 Å². The van der Waals surface area contributed by atoms with Crippen molar-refractivity contribution < 1.29 is 18.7 Å². The molecule has 2 aliphatic rings. The van der Waals surface area contributed by atoms with Crippen molar-refractivity contribution in [1.29, 1.82) is 0 Å². The zero-order valence-electron chi connectivity index (χ0n) is 22.0. The molecule has 0 saturated carbocycles. The Bertz CT molecular complexity index is 1270. The van der Waals surface area contributed by atoms with Crippen molar-refractivity contribution in [2.45, 2.75) is 38.2 Å². The number of anilines is 3. The van der Waals surface area contributed by atoms with Gasteiger partial charge in [0.15, 0.2) is 0 Å². The molecule has 3 aromatic carbocycles. The molecule has 0 spiro atoms. The summed E-state index contributed by atoms with van der Waals surface area (Å²) < 4.78 is 19.6. The number of carbonyl (C=O) groups is 2. The number of amides is 3. The third-order valence-electron chi connectivity index (χ3n) is 7.46. The molecule has 1 atom stereocenters. The fourth-order valence-electron chi connectivity index (χ4n) is 5.35. The maximum absolute atomic E-state index is 14.0. The van der Waals surface area contributed by atoms with E-state index in [9.17, 15) is 14.0 Å². The van der Waals surface area contributed by atoms with Crippen LogP contribution in [0.25, 0.3) is 0 Å². The highest BCUT2D eigenvalue weighted by atomic mass is 19.1. The van der Waals surface area contributed by atoms with Gasteiger partial charge in [0.2, 0.25) is 0 Å². The zero-order valence-corrected chi connectivity index (χ0v) is 22.0. The molecule has 39 heavy (non-hydrogen) atoms. The van der Waals surface area contributed by atoms with Gasteiger partial charge in [0.05, 0.1) is 17.4 Å². The number of nitrogens with zero attached hydrogens (tertiary/aromatic N) is 1. The lowest BCUT2D eigenvalue weighted by Gasteiger charge is -2.35. The fourth-order valence-corrected chi connectivity index (χ4v) is 5.35. The minimum absolute atomic E-state index is 0.0268. The molecule has 0 bridgehead atoms. The van der Waals surface area contributed by atoms with E-state index in [0.29, 0.717) is 23.7 Å². The van der Waals surface area contributed by atoms with Crippen LogP contribution in [0.2, 0.25) is 0 Å². The molecule has 2 saturated heterocycles. The number of para-hydroxylation sites is 1. The van der Waals surface area contributed by atoms with Gasteiger partial charge in [-0.1, -0.05) is 42.5 Å². The number of ether oxygens (including phenoxy) is 1. The highest BCUT2D eigenvalue weighted by Gasteiger charge is 2.25. The number of hydrogen-bond donors (Lipinski definition) is 3. The molecule has 3 aromatic rings. The van der Waals surface area contributed by atoms with Crippen LogP contribution in [0.5, 0.6) is 0 Å². The average Bonchev–Trinajstić information content (AvgIpc) is 3.48. The van der Waals surface area contributed by atoms with Crippen LogP contribution in [-0.4, -0.2) is 44.3 Å². The number of hydrogen-bond acceptors (Lipinski definition) is 4. The van der Waals surface area contributed by atoms with Crippen LogP contribution >= 0.6 is 0 Å². The summed E-state index contributed by atoms with van der Waals surface area (Å²) in [6.07, 6.45) is 5.09. The number of benzene rings is 3. The van der Waals surface area contributed by atoms with E-state index in [-0.39, 0.29) is 17.7 Å². The molecule has 204 valence electrons. The van der Waals surface area contributed by atoms with Crippen LogP contribution in [-0.2, 0) is 11.2 Å². The molecule has 3 N–H and O–H groups in total. The summed E-state index contributed by atoms with van der Waals surface area (Å²) >= 11 is 0. The first kappa shape index (κ1) is 26.7. The van der Waals surface area contributed by atoms with Crippen molar-refractivity contribution in [2.75, 3.05) is 41.8 Å². The summed E-state index contributed by atoms with van der Waals surface area (Å²) in [5.41, 5.74) is 3.24. The van der Waals surface area contributed by atoms with Crippen molar-refractivity contribution in [3.8, 4) is 0 Å². The van der Waals surface area contributed by atoms with Gasteiger partial charge < -0.3 is 25.6 Å². The first-order valence-corrected chi connectivity index (χ1v) is 13.7. The Kier molecular flexibility index (Phi) is 8.73. The molecule has 3 amide bonds. The third kappa shape index (κ3) is 7.15. The molecule has 2 aliphatic heterocycles. The molecule has 1 unspecified atom stereocenters. The van der Waals surface area contributed by atoms with Crippen LogP contribution in [0.3, 0.4) is 0 Å². The average molecular weight is 531 g/mol. The second-order valence-electron chi connectivity index (χ2n) is 10.3. The SMILES string of the molecule is O=C(Nc1ccc(N2CCC(Cc3ccccc3)CC2)c(C(=O)NCC2CCCO2)c1)Nc1ccccc1F. The van der Waals surface area contributed by atoms with E-state index in [1.165, 1.54) is 17.7 Å². The first-order valence-electron chi connectivity index (χ1n) is 13.7. The van der Waals surface area contributed by atoms with Gasteiger partial charge in [0, 0.05) is 37.6 Å². The summed E-state index contributed by atoms with van der Waals surface area (Å²) in [4.78, 5) is 28.2. The maximum atomic E-state index is 14.0. The Balaban J connectivity index is 1.28. The molecule has 7 nitrogen and oxygen atoms in total. The predicted octanol–water partition coefficient (Wildman–Crippen LogP) is 5.84. The van der Waals surface area contributed by atoms with Gasteiger partial charge >= 0.3 is 6.03 Å². The van der Waals surface area contributed by atoms with Crippen LogP contribution < -0.4 is 20.9 Å². The van der Waals surface area contributed by atoms with Crippen LogP contribution in [0.4, 0.5) is 26.2 Å². The van der Waals surface area contributed by atoms with Gasteiger partial charge in [0.1, 0.15) is 5.82 Å². The fraction of sp³-hybridized carbons (Fsp3) is 0.355. The molecule has 2 fully saturated rings. The van der Waals surface area contributed by atoms with Gasteiger partial charge in [-0.2, -0.15) is 0 Å². The molecule has 5 rings (SSSR count). The van der Waals surface area contributed by atoms with E-state index < -0.39 is 11.8 Å². The first-order chi connectivity index (χ1) is 19.0. The standard InChI is InChI=1S/C31H35FN4O3/c32-27-10-4-5-11-28(27)35-31(38)34-24-12-13-29(26(20-24)30(37)33-21-25-9-6-18-39-25)36-16-14-23(15-17-36)19-22-7-2-1-3-8-22/h1-5,7-8,10-13,20,23,25H,6,9,14-19,21H2,(H,33,37)(H2,34,35,38). The number of nitrogens with one attached hydrogen (secondary N) is 3. The Morgan fingerprint density at radius 1 is 0.923 bits per heavy atom. The molecular formula is C31H35FN4O3. The van der Waals surface area contributed by atoms with E-state index in [1.54, 1.807) is 24.3 Å². The van der Waals surface area contributed by atoms with E-state index in [1.807, 2.05) is 12.1 Å². The Labute approximate surface area is 228 Å². The predicted molar refractivity (Wildman–Crippen MR) is 152 cm³/mol. The highest BCUT2D eigenvalue weighted by molar-refractivity contribution is 6.04. The van der Waals surface area contributed by atoms with E-state index in [4.69, 9.17) is 4.74 Å². The number of rotatable bonds is 8. The number of piperidine rings is 1. The van der Waals surface area contributed by atoms with Crippen LogP contribution in [0.1, 0.15) is 41.6 Å². The third-order valence-corrected chi connectivity index (χ3v) is 7.46. The largest absolute Gasteiger partial charge is 0.376 e.